The Morgan fingerprint density at radius 3 is 2.81 bits per heavy atom. The smallest absolute Gasteiger partial charge is 0.340 e. The molecule has 2 aliphatic rings. The second kappa shape index (κ2) is 5.96. The lowest BCUT2D eigenvalue weighted by Gasteiger charge is -2.45. The van der Waals surface area contributed by atoms with Gasteiger partial charge in [0.15, 0.2) is 0 Å². The van der Waals surface area contributed by atoms with Crippen molar-refractivity contribution in [1.29, 1.82) is 0 Å². The molecule has 1 aromatic carbocycles. The first-order valence-corrected chi connectivity index (χ1v) is 7.95. The summed E-state index contributed by atoms with van der Waals surface area (Å²) in [4.78, 5) is 14.3. The van der Waals surface area contributed by atoms with E-state index in [4.69, 9.17) is 10.5 Å². The molecule has 2 N–H and O–H groups in total. The van der Waals surface area contributed by atoms with E-state index in [0.29, 0.717) is 17.3 Å². The molecule has 0 unspecified atom stereocenters. The molecule has 1 aliphatic carbocycles. The summed E-state index contributed by atoms with van der Waals surface area (Å²) in [6.07, 6.45) is 7.88. The minimum atomic E-state index is -0.355. The highest BCUT2D eigenvalue weighted by atomic mass is 16.5. The Balaban J connectivity index is 1.90. The molecule has 4 nitrogen and oxygen atoms in total. The van der Waals surface area contributed by atoms with Crippen LogP contribution >= 0.6 is 0 Å². The average molecular weight is 288 g/mol. The van der Waals surface area contributed by atoms with Crippen LogP contribution in [0.4, 0.5) is 11.4 Å². The SMILES string of the molecule is COC(=O)c1cc(N2CCC[C@H]3CCCC[C@H]32)ccc1N. The number of carbonyl (C=O) groups excluding carboxylic acids is 1. The molecule has 2 atom stereocenters. The number of nitrogens with two attached hydrogens (primary N) is 1. The monoisotopic (exact) mass is 288 g/mol. The number of ether oxygens (including phenoxy) is 1. The first kappa shape index (κ1) is 14.2. The summed E-state index contributed by atoms with van der Waals surface area (Å²) in [5.41, 5.74) is 7.99. The molecule has 0 radical (unpaired) electrons. The topological polar surface area (TPSA) is 55.6 Å². The summed E-state index contributed by atoms with van der Waals surface area (Å²) < 4.78 is 4.83. The molecular weight excluding hydrogens is 264 g/mol. The predicted octanol–water partition coefficient (Wildman–Crippen LogP) is 3.21. The highest BCUT2D eigenvalue weighted by molar-refractivity contribution is 5.96. The van der Waals surface area contributed by atoms with Crippen LogP contribution in [0.2, 0.25) is 0 Å². The van der Waals surface area contributed by atoms with Gasteiger partial charge in [-0.3, -0.25) is 0 Å². The van der Waals surface area contributed by atoms with Crippen molar-refractivity contribution in [3.63, 3.8) is 0 Å². The van der Waals surface area contributed by atoms with Crippen LogP contribution in [-0.4, -0.2) is 25.7 Å². The molecule has 4 heteroatoms. The van der Waals surface area contributed by atoms with Crippen molar-refractivity contribution in [2.24, 2.45) is 5.92 Å². The normalized spacial score (nSPS) is 25.3. The molecule has 0 aromatic heterocycles. The van der Waals surface area contributed by atoms with Gasteiger partial charge < -0.3 is 15.4 Å². The fraction of sp³-hybridized carbons (Fsp3) is 0.588. The van der Waals surface area contributed by atoms with Crippen LogP contribution in [0, 0.1) is 5.92 Å². The van der Waals surface area contributed by atoms with Crippen molar-refractivity contribution >= 4 is 17.3 Å². The average Bonchev–Trinajstić information content (AvgIpc) is 2.54. The molecule has 1 saturated heterocycles. The van der Waals surface area contributed by atoms with Crippen LogP contribution in [0.25, 0.3) is 0 Å². The number of methoxy groups -OCH3 is 1. The largest absolute Gasteiger partial charge is 0.465 e. The summed E-state index contributed by atoms with van der Waals surface area (Å²) in [6.45, 7) is 1.08. The predicted molar refractivity (Wildman–Crippen MR) is 84.5 cm³/mol. The number of anilines is 2. The maximum atomic E-state index is 11.8. The maximum Gasteiger partial charge on any atom is 0.340 e. The number of carbonyl (C=O) groups is 1. The number of piperidine rings is 1. The highest BCUT2D eigenvalue weighted by Gasteiger charge is 2.33. The van der Waals surface area contributed by atoms with E-state index in [0.717, 1.165) is 18.2 Å². The quantitative estimate of drug-likeness (QED) is 0.670. The fourth-order valence-electron chi connectivity index (χ4n) is 3.96. The van der Waals surface area contributed by atoms with Gasteiger partial charge in [0.1, 0.15) is 0 Å². The van der Waals surface area contributed by atoms with E-state index < -0.39 is 0 Å². The third-order valence-corrected chi connectivity index (χ3v) is 5.02. The van der Waals surface area contributed by atoms with Crippen LogP contribution in [-0.2, 0) is 4.74 Å². The van der Waals surface area contributed by atoms with Gasteiger partial charge in [0.2, 0.25) is 0 Å². The van der Waals surface area contributed by atoms with E-state index in [2.05, 4.69) is 4.90 Å². The van der Waals surface area contributed by atoms with E-state index >= 15 is 0 Å². The molecule has 0 spiro atoms. The van der Waals surface area contributed by atoms with E-state index in [1.807, 2.05) is 18.2 Å². The Bertz CT molecular complexity index is 528. The Hall–Kier alpha value is -1.71. The number of nitrogens with zero attached hydrogens (tertiary/aromatic N) is 1. The molecule has 1 heterocycles. The highest BCUT2D eigenvalue weighted by Crippen LogP contribution is 2.38. The zero-order chi connectivity index (χ0) is 14.8. The van der Waals surface area contributed by atoms with E-state index in [9.17, 15) is 4.79 Å². The molecular formula is C17H24N2O2. The van der Waals surface area contributed by atoms with Gasteiger partial charge in [0.25, 0.3) is 0 Å². The number of rotatable bonds is 2. The lowest BCUT2D eigenvalue weighted by Crippen LogP contribution is -2.47. The fourth-order valence-corrected chi connectivity index (χ4v) is 3.96. The van der Waals surface area contributed by atoms with Gasteiger partial charge in [-0.2, -0.15) is 0 Å². The Morgan fingerprint density at radius 1 is 1.24 bits per heavy atom. The van der Waals surface area contributed by atoms with Crippen molar-refractivity contribution in [3.05, 3.63) is 23.8 Å². The van der Waals surface area contributed by atoms with Crippen LogP contribution in [0.3, 0.4) is 0 Å². The van der Waals surface area contributed by atoms with Gasteiger partial charge in [-0.05, 0) is 49.8 Å². The molecule has 1 saturated carbocycles. The van der Waals surface area contributed by atoms with Crippen LogP contribution in [0.5, 0.6) is 0 Å². The van der Waals surface area contributed by atoms with Crippen molar-refractivity contribution < 1.29 is 9.53 Å². The van der Waals surface area contributed by atoms with Crippen molar-refractivity contribution in [2.75, 3.05) is 24.3 Å². The van der Waals surface area contributed by atoms with Crippen LogP contribution in [0.1, 0.15) is 48.9 Å². The molecule has 1 aromatic rings. The summed E-state index contributed by atoms with van der Waals surface area (Å²) >= 11 is 0. The molecule has 1 aliphatic heterocycles. The van der Waals surface area contributed by atoms with Crippen LogP contribution < -0.4 is 10.6 Å². The zero-order valence-corrected chi connectivity index (χ0v) is 12.7. The minimum absolute atomic E-state index is 0.355. The molecule has 21 heavy (non-hydrogen) atoms. The third-order valence-electron chi connectivity index (χ3n) is 5.02. The van der Waals surface area contributed by atoms with Crippen molar-refractivity contribution in [3.8, 4) is 0 Å². The Kier molecular flexibility index (Phi) is 4.04. The van der Waals surface area contributed by atoms with Gasteiger partial charge >= 0.3 is 5.97 Å². The standard InChI is InChI=1S/C17H24N2O2/c1-21-17(20)14-11-13(8-9-15(14)18)19-10-4-6-12-5-2-3-7-16(12)19/h8-9,11-12,16H,2-7,10,18H2,1H3/t12-,16-/m1/s1. The molecule has 0 bridgehead atoms. The van der Waals surface area contributed by atoms with E-state index in [1.54, 1.807) is 0 Å². The number of nitrogen functional groups attached to an aromatic ring is 1. The zero-order valence-electron chi connectivity index (χ0n) is 12.7. The summed E-state index contributed by atoms with van der Waals surface area (Å²) in [5.74, 6) is 0.457. The lowest BCUT2D eigenvalue weighted by molar-refractivity contribution is 0.0602. The van der Waals surface area contributed by atoms with Gasteiger partial charge in [0, 0.05) is 24.0 Å². The number of fused-ring (bicyclic) bond motifs is 1. The first-order valence-electron chi connectivity index (χ1n) is 7.95. The summed E-state index contributed by atoms with van der Waals surface area (Å²) in [5, 5.41) is 0. The third kappa shape index (κ3) is 2.71. The molecule has 2 fully saturated rings. The van der Waals surface area contributed by atoms with Gasteiger partial charge in [-0.1, -0.05) is 12.8 Å². The van der Waals surface area contributed by atoms with Crippen molar-refractivity contribution in [1.82, 2.24) is 0 Å². The summed E-state index contributed by atoms with van der Waals surface area (Å²) in [6, 6.07) is 6.40. The maximum absolute atomic E-state index is 11.8. The van der Waals surface area contributed by atoms with Gasteiger partial charge in [-0.25, -0.2) is 4.79 Å². The number of hydrogen-bond acceptors (Lipinski definition) is 4. The lowest BCUT2D eigenvalue weighted by atomic mass is 9.78. The summed E-state index contributed by atoms with van der Waals surface area (Å²) in [7, 11) is 1.40. The molecule has 0 amide bonds. The second-order valence-electron chi connectivity index (χ2n) is 6.21. The van der Waals surface area contributed by atoms with Crippen molar-refractivity contribution in [2.45, 2.75) is 44.6 Å². The number of esters is 1. The number of benzene rings is 1. The minimum Gasteiger partial charge on any atom is -0.465 e. The molecule has 114 valence electrons. The van der Waals surface area contributed by atoms with E-state index in [1.165, 1.54) is 45.6 Å². The number of hydrogen-bond donors (Lipinski definition) is 1. The Morgan fingerprint density at radius 2 is 2.00 bits per heavy atom. The van der Waals surface area contributed by atoms with Crippen LogP contribution in [0.15, 0.2) is 18.2 Å². The van der Waals surface area contributed by atoms with E-state index in [-0.39, 0.29) is 5.97 Å². The molecule has 3 rings (SSSR count). The first-order chi connectivity index (χ1) is 10.2. The second-order valence-corrected chi connectivity index (χ2v) is 6.21. The van der Waals surface area contributed by atoms with Gasteiger partial charge in [0.05, 0.1) is 12.7 Å². The Labute approximate surface area is 126 Å². The van der Waals surface area contributed by atoms with Gasteiger partial charge in [-0.15, -0.1) is 0 Å².